The molecule has 0 aliphatic carbocycles. The predicted molar refractivity (Wildman–Crippen MR) is 82.7 cm³/mol. The molecule has 1 N–H and O–H groups in total. The van der Waals surface area contributed by atoms with E-state index < -0.39 is 0 Å². The zero-order valence-corrected chi connectivity index (χ0v) is 13.1. The van der Waals surface area contributed by atoms with Gasteiger partial charge >= 0.3 is 0 Å². The highest BCUT2D eigenvalue weighted by Gasteiger charge is 2.18. The summed E-state index contributed by atoms with van der Waals surface area (Å²) in [6.45, 7) is 5.57. The molecule has 6 heteroatoms. The van der Waals surface area contributed by atoms with Crippen LogP contribution in [0.15, 0.2) is 28.8 Å². The summed E-state index contributed by atoms with van der Waals surface area (Å²) in [4.78, 5) is 25.5. The van der Waals surface area contributed by atoms with Gasteiger partial charge < -0.3 is 14.7 Å². The topological polar surface area (TPSA) is 75.4 Å². The van der Waals surface area contributed by atoms with E-state index in [2.05, 4.69) is 10.5 Å². The molecule has 0 unspecified atom stereocenters. The fourth-order valence-corrected chi connectivity index (χ4v) is 2.03. The summed E-state index contributed by atoms with van der Waals surface area (Å²) in [6, 6.07) is 7.24. The van der Waals surface area contributed by atoms with Gasteiger partial charge in [-0.25, -0.2) is 0 Å². The average molecular weight is 301 g/mol. The lowest BCUT2D eigenvalue weighted by Crippen LogP contribution is -2.35. The lowest BCUT2D eigenvalue weighted by molar-refractivity contribution is -0.116. The number of carbonyl (C=O) groups excluding carboxylic acids is 2. The van der Waals surface area contributed by atoms with Crippen molar-refractivity contribution in [3.8, 4) is 0 Å². The summed E-state index contributed by atoms with van der Waals surface area (Å²) >= 11 is 0. The molecule has 1 aromatic heterocycles. The van der Waals surface area contributed by atoms with Crippen LogP contribution < -0.4 is 5.32 Å². The van der Waals surface area contributed by atoms with Crippen molar-refractivity contribution in [3.63, 3.8) is 0 Å². The molecule has 0 saturated heterocycles. The normalized spacial score (nSPS) is 10.4. The maximum Gasteiger partial charge on any atom is 0.276 e. The fourth-order valence-electron chi connectivity index (χ4n) is 2.03. The Balaban J connectivity index is 1.99. The monoisotopic (exact) mass is 301 g/mol. The molecule has 0 bridgehead atoms. The maximum atomic E-state index is 12.1. The Morgan fingerprint density at radius 3 is 2.64 bits per heavy atom. The van der Waals surface area contributed by atoms with Crippen molar-refractivity contribution in [2.45, 2.75) is 20.8 Å². The van der Waals surface area contributed by atoms with Crippen LogP contribution in [0, 0.1) is 20.8 Å². The minimum Gasteiger partial charge on any atom is -0.361 e. The first-order valence-corrected chi connectivity index (χ1v) is 6.93. The molecule has 6 nitrogen and oxygen atoms in total. The van der Waals surface area contributed by atoms with Crippen molar-refractivity contribution < 1.29 is 14.1 Å². The molecule has 0 atom stereocenters. The van der Waals surface area contributed by atoms with Gasteiger partial charge in [0.1, 0.15) is 5.76 Å². The molecule has 0 radical (unpaired) electrons. The van der Waals surface area contributed by atoms with Gasteiger partial charge in [0.25, 0.3) is 5.91 Å². The molecule has 0 spiro atoms. The number of likely N-dealkylation sites (N-methyl/N-ethyl adjacent to an activating group) is 1. The average Bonchev–Trinajstić information content (AvgIpc) is 2.89. The van der Waals surface area contributed by atoms with Crippen molar-refractivity contribution in [1.82, 2.24) is 10.1 Å². The van der Waals surface area contributed by atoms with Gasteiger partial charge in [-0.15, -0.1) is 0 Å². The standard InChI is InChI=1S/C16H19N3O3/c1-10-6-5-7-13(12(10)3)17-15(20)9-19(4)16(21)14-8-11(2)22-18-14/h5-8H,9H2,1-4H3,(H,17,20). The van der Waals surface area contributed by atoms with Gasteiger partial charge in [0.2, 0.25) is 5.91 Å². The van der Waals surface area contributed by atoms with Crippen LogP contribution in [0.25, 0.3) is 0 Å². The molecular formula is C16H19N3O3. The van der Waals surface area contributed by atoms with E-state index in [-0.39, 0.29) is 24.1 Å². The minimum absolute atomic E-state index is 0.0574. The number of hydrogen-bond donors (Lipinski definition) is 1. The Morgan fingerprint density at radius 1 is 1.27 bits per heavy atom. The van der Waals surface area contributed by atoms with Gasteiger partial charge in [0, 0.05) is 18.8 Å². The number of carbonyl (C=O) groups is 2. The number of hydrogen-bond acceptors (Lipinski definition) is 4. The molecule has 2 aromatic rings. The summed E-state index contributed by atoms with van der Waals surface area (Å²) in [7, 11) is 1.55. The number of amides is 2. The molecule has 0 aliphatic heterocycles. The first-order valence-electron chi connectivity index (χ1n) is 6.93. The summed E-state index contributed by atoms with van der Waals surface area (Å²) in [5.74, 6) is -0.0608. The van der Waals surface area contributed by atoms with Crippen molar-refractivity contribution in [1.29, 1.82) is 0 Å². The number of anilines is 1. The highest BCUT2D eigenvalue weighted by molar-refractivity contribution is 5.98. The lowest BCUT2D eigenvalue weighted by Gasteiger charge is -2.16. The van der Waals surface area contributed by atoms with Gasteiger partial charge in [-0.3, -0.25) is 9.59 Å². The Kier molecular flexibility index (Phi) is 4.60. The van der Waals surface area contributed by atoms with E-state index in [4.69, 9.17) is 4.52 Å². The van der Waals surface area contributed by atoms with E-state index in [9.17, 15) is 9.59 Å². The lowest BCUT2D eigenvalue weighted by atomic mass is 10.1. The Labute approximate surface area is 129 Å². The van der Waals surface area contributed by atoms with Crippen LogP contribution >= 0.6 is 0 Å². The van der Waals surface area contributed by atoms with Gasteiger partial charge in [0.05, 0.1) is 6.54 Å². The molecule has 1 heterocycles. The summed E-state index contributed by atoms with van der Waals surface area (Å²) in [6.07, 6.45) is 0. The summed E-state index contributed by atoms with van der Waals surface area (Å²) in [5.41, 5.74) is 3.06. The van der Waals surface area contributed by atoms with Crippen LogP contribution in [0.2, 0.25) is 0 Å². The molecule has 2 amide bonds. The van der Waals surface area contributed by atoms with Crippen LogP contribution in [0.5, 0.6) is 0 Å². The first-order chi connectivity index (χ1) is 10.4. The predicted octanol–water partition coefficient (Wildman–Crippen LogP) is 2.31. The molecule has 0 fully saturated rings. The summed E-state index contributed by atoms with van der Waals surface area (Å²) < 4.78 is 4.87. The maximum absolute atomic E-state index is 12.1. The van der Waals surface area contributed by atoms with Gasteiger partial charge in [-0.05, 0) is 38.0 Å². The van der Waals surface area contributed by atoms with Crippen molar-refractivity contribution in [3.05, 3.63) is 46.8 Å². The van der Waals surface area contributed by atoms with Gasteiger partial charge in [0.15, 0.2) is 5.69 Å². The van der Waals surface area contributed by atoms with Crippen molar-refractivity contribution in [2.75, 3.05) is 18.9 Å². The molecule has 116 valence electrons. The minimum atomic E-state index is -0.354. The Hall–Kier alpha value is -2.63. The van der Waals surface area contributed by atoms with E-state index in [1.165, 1.54) is 4.90 Å². The molecule has 2 rings (SSSR count). The van der Waals surface area contributed by atoms with Crippen LogP contribution in [-0.2, 0) is 4.79 Å². The first kappa shape index (κ1) is 15.8. The quantitative estimate of drug-likeness (QED) is 0.940. The molecule has 22 heavy (non-hydrogen) atoms. The van der Waals surface area contributed by atoms with E-state index >= 15 is 0 Å². The molecular weight excluding hydrogens is 282 g/mol. The van der Waals surface area contributed by atoms with Gasteiger partial charge in [-0.2, -0.15) is 0 Å². The van der Waals surface area contributed by atoms with E-state index in [1.807, 2.05) is 32.0 Å². The number of rotatable bonds is 4. The third-order valence-electron chi connectivity index (χ3n) is 3.45. The largest absolute Gasteiger partial charge is 0.361 e. The van der Waals surface area contributed by atoms with Crippen molar-refractivity contribution >= 4 is 17.5 Å². The van der Waals surface area contributed by atoms with Crippen LogP contribution in [0.3, 0.4) is 0 Å². The second-order valence-electron chi connectivity index (χ2n) is 5.28. The molecule has 0 saturated carbocycles. The number of nitrogens with zero attached hydrogens (tertiary/aromatic N) is 2. The highest BCUT2D eigenvalue weighted by atomic mass is 16.5. The number of aryl methyl sites for hydroxylation is 2. The van der Waals surface area contributed by atoms with Gasteiger partial charge in [-0.1, -0.05) is 17.3 Å². The SMILES string of the molecule is Cc1cc(C(=O)N(C)CC(=O)Nc2cccc(C)c2C)no1. The third-order valence-corrected chi connectivity index (χ3v) is 3.45. The van der Waals surface area contributed by atoms with Crippen LogP contribution in [-0.4, -0.2) is 35.5 Å². The smallest absolute Gasteiger partial charge is 0.276 e. The van der Waals surface area contributed by atoms with E-state index in [0.29, 0.717) is 5.76 Å². The Bertz CT molecular complexity index is 706. The van der Waals surface area contributed by atoms with Crippen LogP contribution in [0.4, 0.5) is 5.69 Å². The van der Waals surface area contributed by atoms with Crippen molar-refractivity contribution in [2.24, 2.45) is 0 Å². The molecule has 1 aromatic carbocycles. The number of nitrogens with one attached hydrogen (secondary N) is 1. The second kappa shape index (κ2) is 6.43. The molecule has 0 aliphatic rings. The number of benzene rings is 1. The highest BCUT2D eigenvalue weighted by Crippen LogP contribution is 2.17. The zero-order valence-electron chi connectivity index (χ0n) is 13.1. The third kappa shape index (κ3) is 3.52. The van der Waals surface area contributed by atoms with Crippen LogP contribution in [0.1, 0.15) is 27.4 Å². The fraction of sp³-hybridized carbons (Fsp3) is 0.312. The van der Waals surface area contributed by atoms with E-state index in [1.54, 1.807) is 20.0 Å². The summed E-state index contributed by atoms with van der Waals surface area (Å²) in [5, 5.41) is 6.47. The zero-order chi connectivity index (χ0) is 16.3. The Morgan fingerprint density at radius 2 is 2.00 bits per heavy atom. The van der Waals surface area contributed by atoms with E-state index in [0.717, 1.165) is 16.8 Å². The number of aromatic nitrogens is 1. The second-order valence-corrected chi connectivity index (χ2v) is 5.28.